The Morgan fingerprint density at radius 2 is 1.93 bits per heavy atom. The van der Waals surface area contributed by atoms with Crippen LogP contribution in [-0.2, 0) is 19.1 Å². The predicted molar refractivity (Wildman–Crippen MR) is 98.1 cm³/mol. The van der Waals surface area contributed by atoms with E-state index in [1.165, 1.54) is 10.4 Å². The number of nitrogens with one attached hydrogen (secondary N) is 2. The summed E-state index contributed by atoms with van der Waals surface area (Å²) >= 11 is 5.29. The van der Waals surface area contributed by atoms with Crippen molar-refractivity contribution >= 4 is 35.3 Å². The first-order valence-electron chi connectivity index (χ1n) is 8.37. The average molecular weight is 400 g/mol. The maximum atomic E-state index is 11.0. The van der Waals surface area contributed by atoms with Gasteiger partial charge in [0.2, 0.25) is 0 Å². The lowest BCUT2D eigenvalue weighted by atomic mass is 10.0. The zero-order valence-electron chi connectivity index (χ0n) is 15.8. The largest absolute Gasteiger partial charge is 0.548 e. The van der Waals surface area contributed by atoms with Gasteiger partial charge in [0, 0.05) is 16.8 Å². The molecule has 1 atom stereocenters. The zero-order chi connectivity index (χ0) is 20.6. The highest BCUT2D eigenvalue weighted by Crippen LogP contribution is 2.20. The number of rotatable bonds is 7. The van der Waals surface area contributed by atoms with Crippen LogP contribution in [-0.4, -0.2) is 48.7 Å². The van der Waals surface area contributed by atoms with Crippen LogP contribution in [0.3, 0.4) is 0 Å². The first-order chi connectivity index (χ1) is 12.6. The second-order valence-corrected chi connectivity index (χ2v) is 6.90. The van der Waals surface area contributed by atoms with E-state index in [0.717, 1.165) is 5.69 Å². The minimum Gasteiger partial charge on any atom is -0.548 e. The summed E-state index contributed by atoms with van der Waals surface area (Å²) in [6.07, 6.45) is -0.827. The standard InChI is InChI=1S/C10H11NO2.C8H14ClNO4/c1-2-13-10(12)6-11-9-5-7-3-4-8(7)9;1-8(2,3)14-7(13)10-5(4-9)6(11)12/h3-5,11H,2,6H2,1H3;5H,4H2,1-3H3,(H,10,13)(H,11,12)/p-1. The summed E-state index contributed by atoms with van der Waals surface area (Å²) in [5, 5.41) is 17.9. The van der Waals surface area contributed by atoms with Crippen LogP contribution in [0.2, 0.25) is 0 Å². The first-order valence-corrected chi connectivity index (χ1v) is 8.91. The van der Waals surface area contributed by atoms with Gasteiger partial charge in [-0.25, -0.2) is 4.79 Å². The summed E-state index contributed by atoms with van der Waals surface area (Å²) in [7, 11) is 0. The van der Waals surface area contributed by atoms with Crippen molar-refractivity contribution in [3.8, 4) is 0 Å². The number of ether oxygens (including phenoxy) is 2. The van der Waals surface area contributed by atoms with Crippen LogP contribution in [0, 0.1) is 10.4 Å². The van der Waals surface area contributed by atoms with Gasteiger partial charge in [0.05, 0.1) is 18.6 Å². The fraction of sp³-hybridized carbons (Fsp3) is 0.500. The number of carboxylic acid groups (broad SMARTS) is 1. The summed E-state index contributed by atoms with van der Waals surface area (Å²) in [6, 6.07) is 4.87. The molecule has 0 spiro atoms. The molecule has 0 aromatic carbocycles. The van der Waals surface area contributed by atoms with E-state index in [2.05, 4.69) is 10.6 Å². The second kappa shape index (κ2) is 10.0. The van der Waals surface area contributed by atoms with E-state index in [1.54, 1.807) is 27.7 Å². The lowest BCUT2D eigenvalue weighted by molar-refractivity contribution is -0.307. The third kappa shape index (κ3) is 7.74. The Kier molecular flexibility index (Phi) is 8.36. The lowest BCUT2D eigenvalue weighted by Crippen LogP contribution is -2.50. The molecule has 0 radical (unpaired) electrons. The number of esters is 1. The molecule has 0 saturated carbocycles. The third-order valence-electron chi connectivity index (χ3n) is 3.19. The highest BCUT2D eigenvalue weighted by molar-refractivity contribution is 6.19. The molecule has 150 valence electrons. The Morgan fingerprint density at radius 3 is 2.30 bits per heavy atom. The van der Waals surface area contributed by atoms with E-state index < -0.39 is 23.7 Å². The van der Waals surface area contributed by atoms with E-state index in [4.69, 9.17) is 21.1 Å². The number of aliphatic carboxylic acids is 1. The van der Waals surface area contributed by atoms with Crippen LogP contribution in [0.4, 0.5) is 10.5 Å². The van der Waals surface area contributed by atoms with Gasteiger partial charge >= 0.3 is 12.1 Å². The summed E-state index contributed by atoms with van der Waals surface area (Å²) in [5.74, 6) is -1.91. The minimum atomic E-state index is -1.44. The van der Waals surface area contributed by atoms with Gasteiger partial charge < -0.3 is 30.0 Å². The van der Waals surface area contributed by atoms with E-state index in [1.807, 2.05) is 18.2 Å². The van der Waals surface area contributed by atoms with Crippen LogP contribution in [0.25, 0.3) is 0 Å². The van der Waals surface area contributed by atoms with E-state index >= 15 is 0 Å². The smallest absolute Gasteiger partial charge is 0.408 e. The Hall–Kier alpha value is -2.48. The first kappa shape index (κ1) is 22.6. The molecule has 0 fully saturated rings. The monoisotopic (exact) mass is 399 g/mol. The maximum Gasteiger partial charge on any atom is 0.408 e. The molecule has 2 aliphatic rings. The van der Waals surface area contributed by atoms with Crippen LogP contribution >= 0.6 is 11.6 Å². The molecule has 2 rings (SSSR count). The number of hydrogen-bond acceptors (Lipinski definition) is 7. The second-order valence-electron chi connectivity index (χ2n) is 6.59. The van der Waals surface area contributed by atoms with Gasteiger partial charge in [0.15, 0.2) is 0 Å². The predicted octanol–water partition coefficient (Wildman–Crippen LogP) is 1.13. The number of benzene rings is 1. The molecule has 2 N–H and O–H groups in total. The topological polar surface area (TPSA) is 117 Å². The van der Waals surface area contributed by atoms with Crippen molar-refractivity contribution in [3.63, 3.8) is 0 Å². The maximum absolute atomic E-state index is 11.0. The highest BCUT2D eigenvalue weighted by atomic mass is 35.5. The number of amides is 1. The lowest BCUT2D eigenvalue weighted by Gasteiger charge is -2.22. The molecule has 0 saturated heterocycles. The van der Waals surface area contributed by atoms with Gasteiger partial charge in [-0.3, -0.25) is 4.79 Å². The van der Waals surface area contributed by atoms with Gasteiger partial charge in [-0.1, -0.05) is 12.1 Å². The molecule has 0 aromatic heterocycles. The minimum absolute atomic E-state index is 0.208. The summed E-state index contributed by atoms with van der Waals surface area (Å²) in [5.41, 5.74) is 0.373. The molecular formula is C18H24ClN2O6-. The number of hydrogen-bond donors (Lipinski definition) is 2. The van der Waals surface area contributed by atoms with Crippen molar-refractivity contribution in [1.82, 2.24) is 5.32 Å². The van der Waals surface area contributed by atoms with Gasteiger partial charge in [0.25, 0.3) is 0 Å². The normalized spacial score (nSPS) is 12.0. The molecule has 0 aliphatic heterocycles. The number of carbonyl (C=O) groups is 3. The van der Waals surface area contributed by atoms with Crippen molar-refractivity contribution in [1.29, 1.82) is 0 Å². The average Bonchev–Trinajstić information content (AvgIpc) is 2.52. The fourth-order valence-corrected chi connectivity index (χ4v) is 2.13. The Labute approximate surface area is 162 Å². The molecule has 0 aromatic rings. The van der Waals surface area contributed by atoms with Gasteiger partial charge in [-0.05, 0) is 39.0 Å². The van der Waals surface area contributed by atoms with Crippen molar-refractivity contribution in [2.75, 3.05) is 24.3 Å². The Balaban J connectivity index is 0.000000270. The van der Waals surface area contributed by atoms with E-state index in [0.29, 0.717) is 6.61 Å². The van der Waals surface area contributed by atoms with Crippen molar-refractivity contribution in [2.45, 2.75) is 39.3 Å². The number of anilines is 1. The van der Waals surface area contributed by atoms with E-state index in [-0.39, 0.29) is 18.4 Å². The molecule has 27 heavy (non-hydrogen) atoms. The highest BCUT2D eigenvalue weighted by Gasteiger charge is 2.19. The molecule has 8 nitrogen and oxygen atoms in total. The zero-order valence-corrected chi connectivity index (χ0v) is 16.5. The number of carbonyl (C=O) groups excluding carboxylic acids is 3. The molecule has 9 heteroatoms. The van der Waals surface area contributed by atoms with Crippen LogP contribution in [0.1, 0.15) is 27.7 Å². The Morgan fingerprint density at radius 1 is 1.26 bits per heavy atom. The van der Waals surface area contributed by atoms with E-state index in [9.17, 15) is 19.5 Å². The summed E-state index contributed by atoms with van der Waals surface area (Å²) < 4.78 is 9.60. The molecule has 1 amide bonds. The molecule has 2 aliphatic carbocycles. The van der Waals surface area contributed by atoms with Gasteiger partial charge in [-0.15, -0.1) is 11.6 Å². The molecule has 1 unspecified atom stereocenters. The third-order valence-corrected chi connectivity index (χ3v) is 3.50. The number of halogens is 1. The van der Waals surface area contributed by atoms with Crippen molar-refractivity contribution in [2.24, 2.45) is 0 Å². The summed E-state index contributed by atoms with van der Waals surface area (Å²) in [4.78, 5) is 32.4. The number of alkyl carbamates (subject to hydrolysis) is 1. The van der Waals surface area contributed by atoms with Gasteiger partial charge in [-0.2, -0.15) is 0 Å². The Bertz CT molecular complexity index is 775. The van der Waals surface area contributed by atoms with Gasteiger partial charge in [0.1, 0.15) is 12.1 Å². The van der Waals surface area contributed by atoms with Crippen LogP contribution in [0.15, 0.2) is 18.2 Å². The quantitative estimate of drug-likeness (QED) is 0.529. The fourth-order valence-electron chi connectivity index (χ4n) is 1.93. The number of alkyl halides is 1. The molecular weight excluding hydrogens is 376 g/mol. The molecule has 0 bridgehead atoms. The van der Waals surface area contributed by atoms with Crippen LogP contribution in [0.5, 0.6) is 0 Å². The van der Waals surface area contributed by atoms with Crippen molar-refractivity contribution in [3.05, 3.63) is 28.6 Å². The number of carboxylic acids is 1. The molecule has 0 heterocycles. The van der Waals surface area contributed by atoms with Crippen LogP contribution < -0.4 is 15.7 Å². The van der Waals surface area contributed by atoms with Crippen molar-refractivity contribution < 1.29 is 29.0 Å². The summed E-state index contributed by atoms with van der Waals surface area (Å²) in [6.45, 7) is 7.50. The SMILES string of the molecule is CC(C)(C)OC(=O)NC(CCl)C(=O)[O-].CCOC(=O)CNc1cc2ccc1=2.